The second-order valence-electron chi connectivity index (χ2n) is 5.07. The number of benzene rings is 1. The highest BCUT2D eigenvalue weighted by atomic mass is 16.2. The normalized spacial score (nSPS) is 22.6. The molecule has 1 unspecified atom stereocenters. The summed E-state index contributed by atoms with van der Waals surface area (Å²) in [5, 5.41) is 7.56. The molecule has 0 aromatic heterocycles. The molecule has 1 aromatic rings. The minimum absolute atomic E-state index is 0.313. The first-order valence-electron chi connectivity index (χ1n) is 6.80. The van der Waals surface area contributed by atoms with E-state index in [2.05, 4.69) is 17.3 Å². The number of carbonyl (C=O) groups excluding carboxylic acids is 2. The minimum Gasteiger partial charge on any atom is -0.322 e. The van der Waals surface area contributed by atoms with E-state index in [9.17, 15) is 9.59 Å². The smallest absolute Gasteiger partial charge is 0.322 e. The van der Waals surface area contributed by atoms with E-state index < -0.39 is 11.6 Å². The highest BCUT2D eigenvalue weighted by Crippen LogP contribution is 2.20. The van der Waals surface area contributed by atoms with Gasteiger partial charge in [0, 0.05) is 0 Å². The van der Waals surface area contributed by atoms with Crippen molar-refractivity contribution in [3.05, 3.63) is 35.4 Å². The Bertz CT molecular complexity index is 551. The molecule has 0 aliphatic carbocycles. The minimum atomic E-state index is -0.847. The number of carbonyl (C=O) groups is 2. The van der Waals surface area contributed by atoms with Gasteiger partial charge >= 0.3 is 6.03 Å². The third-order valence-corrected chi connectivity index (χ3v) is 3.66. The molecule has 2 rings (SSSR count). The van der Waals surface area contributed by atoms with Crippen LogP contribution in [0.1, 0.15) is 38.3 Å². The van der Waals surface area contributed by atoms with Crippen LogP contribution in [0, 0.1) is 0 Å². The second-order valence-corrected chi connectivity index (χ2v) is 5.07. The van der Waals surface area contributed by atoms with Crippen LogP contribution in [0.2, 0.25) is 0 Å². The number of nitrogens with zero attached hydrogens (tertiary/aromatic N) is 2. The lowest BCUT2D eigenvalue weighted by Crippen LogP contribution is -2.42. The van der Waals surface area contributed by atoms with Crippen molar-refractivity contribution in [2.24, 2.45) is 5.10 Å². The fraction of sp³-hybridized carbons (Fsp3) is 0.400. The van der Waals surface area contributed by atoms with E-state index >= 15 is 0 Å². The Labute approximate surface area is 118 Å². The Balaban J connectivity index is 2.14. The zero-order valence-corrected chi connectivity index (χ0v) is 12.0. The number of rotatable bonds is 4. The highest BCUT2D eigenvalue weighted by molar-refractivity contribution is 6.07. The summed E-state index contributed by atoms with van der Waals surface area (Å²) in [6, 6.07) is 7.37. The molecule has 3 amide bonds. The van der Waals surface area contributed by atoms with Crippen molar-refractivity contribution in [3.63, 3.8) is 0 Å². The number of nitrogens with one attached hydrogen (secondary N) is 1. The maximum Gasteiger partial charge on any atom is 0.346 e. The Morgan fingerprint density at radius 2 is 1.90 bits per heavy atom. The highest BCUT2D eigenvalue weighted by Gasteiger charge is 2.46. The van der Waals surface area contributed by atoms with Gasteiger partial charge in [-0.2, -0.15) is 5.10 Å². The SMILES string of the molecule is CCc1ccc(/C=N/N2C(=O)NC(C)(CC)C2=O)cc1. The number of amides is 3. The summed E-state index contributed by atoms with van der Waals surface area (Å²) in [6.45, 7) is 5.65. The molecule has 1 atom stereocenters. The van der Waals surface area contributed by atoms with Crippen molar-refractivity contribution < 1.29 is 9.59 Å². The first kappa shape index (κ1) is 14.2. The predicted octanol–water partition coefficient (Wildman–Crippen LogP) is 2.30. The molecule has 0 spiro atoms. The van der Waals surface area contributed by atoms with Gasteiger partial charge in [-0.15, -0.1) is 5.01 Å². The van der Waals surface area contributed by atoms with Crippen LogP contribution in [0.15, 0.2) is 29.4 Å². The molecule has 0 radical (unpaired) electrons. The summed E-state index contributed by atoms with van der Waals surface area (Å²) in [7, 11) is 0. The molecule has 1 N–H and O–H groups in total. The summed E-state index contributed by atoms with van der Waals surface area (Å²) in [4.78, 5) is 23.9. The van der Waals surface area contributed by atoms with Crippen molar-refractivity contribution in [2.75, 3.05) is 0 Å². The van der Waals surface area contributed by atoms with Crippen molar-refractivity contribution in [1.29, 1.82) is 0 Å². The van der Waals surface area contributed by atoms with Crippen LogP contribution >= 0.6 is 0 Å². The zero-order valence-electron chi connectivity index (χ0n) is 12.0. The molecule has 5 heteroatoms. The molecule has 1 aromatic carbocycles. The topological polar surface area (TPSA) is 61.8 Å². The number of aryl methyl sites for hydroxylation is 1. The fourth-order valence-corrected chi connectivity index (χ4v) is 1.98. The number of hydrogen-bond donors (Lipinski definition) is 1. The monoisotopic (exact) mass is 273 g/mol. The summed E-state index contributed by atoms with van der Waals surface area (Å²) in [5.74, 6) is -0.313. The number of imide groups is 1. The van der Waals surface area contributed by atoms with Crippen molar-refractivity contribution in [3.8, 4) is 0 Å². The van der Waals surface area contributed by atoms with Gasteiger partial charge in [0.25, 0.3) is 5.91 Å². The molecular formula is C15H19N3O2. The van der Waals surface area contributed by atoms with Gasteiger partial charge in [0.05, 0.1) is 6.21 Å². The maximum atomic E-state index is 12.1. The average Bonchev–Trinajstić information content (AvgIpc) is 2.68. The van der Waals surface area contributed by atoms with Gasteiger partial charge in [-0.05, 0) is 30.9 Å². The summed E-state index contributed by atoms with van der Waals surface area (Å²) < 4.78 is 0. The third kappa shape index (κ3) is 2.57. The third-order valence-electron chi connectivity index (χ3n) is 3.66. The van der Waals surface area contributed by atoms with Crippen LogP contribution in [-0.4, -0.2) is 28.7 Å². The molecule has 0 bridgehead atoms. The predicted molar refractivity (Wildman–Crippen MR) is 77.5 cm³/mol. The van der Waals surface area contributed by atoms with E-state index in [1.165, 1.54) is 11.8 Å². The standard InChI is InChI=1S/C15H19N3O2/c1-4-11-6-8-12(9-7-11)10-16-18-13(19)15(3,5-2)17-14(18)20/h6-10H,4-5H2,1-3H3,(H,17,20)/b16-10+. The van der Waals surface area contributed by atoms with E-state index in [-0.39, 0.29) is 5.91 Å². The quantitative estimate of drug-likeness (QED) is 0.676. The van der Waals surface area contributed by atoms with E-state index in [0.29, 0.717) is 6.42 Å². The molecule has 1 aliphatic rings. The van der Waals surface area contributed by atoms with Crippen molar-refractivity contribution in [2.45, 2.75) is 39.2 Å². The lowest BCUT2D eigenvalue weighted by molar-refractivity contribution is -0.130. The molecule has 5 nitrogen and oxygen atoms in total. The van der Waals surface area contributed by atoms with Crippen LogP contribution < -0.4 is 5.32 Å². The first-order valence-corrected chi connectivity index (χ1v) is 6.80. The Kier molecular flexibility index (Phi) is 3.88. The van der Waals surface area contributed by atoms with Gasteiger partial charge in [0.2, 0.25) is 0 Å². The van der Waals surface area contributed by atoms with Crippen molar-refractivity contribution in [1.82, 2.24) is 10.3 Å². The second kappa shape index (κ2) is 5.45. The molecule has 1 aliphatic heterocycles. The molecule has 0 saturated carbocycles. The summed E-state index contributed by atoms with van der Waals surface area (Å²) >= 11 is 0. The fourth-order valence-electron chi connectivity index (χ4n) is 1.98. The summed E-state index contributed by atoms with van der Waals surface area (Å²) in [6.07, 6.45) is 3.03. The lowest BCUT2D eigenvalue weighted by atomic mass is 10.00. The average molecular weight is 273 g/mol. The number of hydrazone groups is 1. The summed E-state index contributed by atoms with van der Waals surface area (Å²) in [5.41, 5.74) is 1.24. The van der Waals surface area contributed by atoms with Gasteiger partial charge in [-0.3, -0.25) is 4.79 Å². The van der Waals surface area contributed by atoms with Crippen molar-refractivity contribution >= 4 is 18.2 Å². The van der Waals surface area contributed by atoms with E-state index in [0.717, 1.165) is 17.0 Å². The Morgan fingerprint density at radius 1 is 1.25 bits per heavy atom. The molecule has 1 heterocycles. The van der Waals surface area contributed by atoms with E-state index in [4.69, 9.17) is 0 Å². The van der Waals surface area contributed by atoms with Gasteiger partial charge in [0.15, 0.2) is 0 Å². The van der Waals surface area contributed by atoms with E-state index in [1.54, 1.807) is 6.92 Å². The van der Waals surface area contributed by atoms with Gasteiger partial charge in [-0.25, -0.2) is 4.79 Å². The molecule has 1 saturated heterocycles. The van der Waals surface area contributed by atoms with E-state index in [1.807, 2.05) is 31.2 Å². The zero-order chi connectivity index (χ0) is 14.8. The maximum absolute atomic E-state index is 12.1. The van der Waals surface area contributed by atoms with Crippen LogP contribution in [-0.2, 0) is 11.2 Å². The largest absolute Gasteiger partial charge is 0.346 e. The lowest BCUT2D eigenvalue weighted by Gasteiger charge is -2.17. The van der Waals surface area contributed by atoms with Crippen LogP contribution in [0.3, 0.4) is 0 Å². The Hall–Kier alpha value is -2.17. The van der Waals surface area contributed by atoms with Crippen LogP contribution in [0.5, 0.6) is 0 Å². The molecular weight excluding hydrogens is 254 g/mol. The number of hydrogen-bond acceptors (Lipinski definition) is 3. The number of urea groups is 1. The molecule has 1 fully saturated rings. The van der Waals surface area contributed by atoms with Gasteiger partial charge in [-0.1, -0.05) is 38.1 Å². The van der Waals surface area contributed by atoms with Crippen LogP contribution in [0.25, 0.3) is 0 Å². The first-order chi connectivity index (χ1) is 9.50. The molecule has 106 valence electrons. The van der Waals surface area contributed by atoms with Gasteiger partial charge < -0.3 is 5.32 Å². The molecule has 20 heavy (non-hydrogen) atoms. The van der Waals surface area contributed by atoms with Crippen LogP contribution in [0.4, 0.5) is 4.79 Å². The van der Waals surface area contributed by atoms with Gasteiger partial charge in [0.1, 0.15) is 5.54 Å². The Morgan fingerprint density at radius 3 is 2.40 bits per heavy atom.